The first-order valence-corrected chi connectivity index (χ1v) is 7.20. The number of nitrogens with two attached hydrogens (primary N) is 1. The van der Waals surface area contributed by atoms with Gasteiger partial charge in [0.05, 0.1) is 6.61 Å². The second-order valence-corrected chi connectivity index (χ2v) is 5.34. The summed E-state index contributed by atoms with van der Waals surface area (Å²) in [5.74, 6) is 0.704. The van der Waals surface area contributed by atoms with E-state index < -0.39 is 6.10 Å². The van der Waals surface area contributed by atoms with Gasteiger partial charge in [0, 0.05) is 24.8 Å². The topological polar surface area (TPSA) is 79.0 Å². The summed E-state index contributed by atoms with van der Waals surface area (Å²) < 4.78 is 5.54. The molecule has 1 saturated carbocycles. The van der Waals surface area contributed by atoms with Crippen LogP contribution in [-0.2, 0) is 0 Å². The number of ether oxygens (including phenoxy) is 1. The van der Waals surface area contributed by atoms with Crippen LogP contribution < -0.4 is 10.5 Å². The molecule has 5 nitrogen and oxygen atoms in total. The van der Waals surface area contributed by atoms with Crippen LogP contribution >= 0.6 is 0 Å². The van der Waals surface area contributed by atoms with E-state index in [-0.39, 0.29) is 13.2 Å². The van der Waals surface area contributed by atoms with Crippen molar-refractivity contribution >= 4 is 5.69 Å². The molecule has 0 aromatic heterocycles. The summed E-state index contributed by atoms with van der Waals surface area (Å²) in [5, 5.41) is 19.1. The molecule has 1 unspecified atom stereocenters. The monoisotopic (exact) mass is 280 g/mol. The number of nitrogens with zero attached hydrogens (tertiary/aromatic N) is 1. The Balaban J connectivity index is 1.75. The number of rotatable bonds is 8. The van der Waals surface area contributed by atoms with Gasteiger partial charge in [0.25, 0.3) is 0 Å². The van der Waals surface area contributed by atoms with Crippen molar-refractivity contribution < 1.29 is 14.9 Å². The highest BCUT2D eigenvalue weighted by atomic mass is 16.5. The average molecular weight is 280 g/mol. The van der Waals surface area contributed by atoms with Crippen molar-refractivity contribution in [1.82, 2.24) is 4.90 Å². The van der Waals surface area contributed by atoms with Crippen LogP contribution in [0.1, 0.15) is 19.3 Å². The molecule has 0 amide bonds. The van der Waals surface area contributed by atoms with Crippen LogP contribution in [0.25, 0.3) is 0 Å². The molecule has 0 bridgehead atoms. The molecule has 0 spiro atoms. The third kappa shape index (κ3) is 4.37. The number of nitrogen functional groups attached to an aromatic ring is 1. The summed E-state index contributed by atoms with van der Waals surface area (Å²) in [6.45, 7) is 1.53. The number of hydrogen-bond acceptors (Lipinski definition) is 5. The highest BCUT2D eigenvalue weighted by molar-refractivity contribution is 5.41. The van der Waals surface area contributed by atoms with E-state index >= 15 is 0 Å². The molecular formula is C15H24N2O3. The standard InChI is InChI=1S/C15H24N2O3/c16-12-4-6-15(7-5-12)20-11-14(19)10-17(8-9-18)13-2-1-3-13/h4-7,13-14,18-19H,1-3,8-11,16H2. The predicted molar refractivity (Wildman–Crippen MR) is 78.7 cm³/mol. The Morgan fingerprint density at radius 2 is 2.00 bits per heavy atom. The van der Waals surface area contributed by atoms with E-state index in [2.05, 4.69) is 4.90 Å². The Hall–Kier alpha value is -1.30. The summed E-state index contributed by atoms with van der Waals surface area (Å²) in [7, 11) is 0. The minimum absolute atomic E-state index is 0.127. The van der Waals surface area contributed by atoms with Crippen LogP contribution in [0, 0.1) is 0 Å². The van der Waals surface area contributed by atoms with Crippen molar-refractivity contribution in [3.63, 3.8) is 0 Å². The molecule has 112 valence electrons. The Morgan fingerprint density at radius 1 is 1.30 bits per heavy atom. The Morgan fingerprint density at radius 3 is 2.55 bits per heavy atom. The van der Waals surface area contributed by atoms with Crippen molar-refractivity contribution in [3.8, 4) is 5.75 Å². The molecule has 0 aliphatic heterocycles. The van der Waals surface area contributed by atoms with Crippen LogP contribution in [-0.4, -0.2) is 53.6 Å². The minimum Gasteiger partial charge on any atom is -0.491 e. The summed E-state index contributed by atoms with van der Waals surface area (Å²) in [6.07, 6.45) is 3.00. The van der Waals surface area contributed by atoms with Crippen molar-refractivity contribution in [2.45, 2.75) is 31.4 Å². The average Bonchev–Trinajstić information content (AvgIpc) is 2.36. The first-order valence-electron chi connectivity index (χ1n) is 7.20. The number of anilines is 1. The van der Waals surface area contributed by atoms with Gasteiger partial charge < -0.3 is 20.7 Å². The zero-order chi connectivity index (χ0) is 14.4. The molecule has 5 heteroatoms. The van der Waals surface area contributed by atoms with Gasteiger partial charge >= 0.3 is 0 Å². The molecule has 1 aromatic carbocycles. The number of aliphatic hydroxyl groups is 2. The molecule has 0 radical (unpaired) electrons. The summed E-state index contributed by atoms with van der Waals surface area (Å²) in [4.78, 5) is 2.15. The van der Waals surface area contributed by atoms with E-state index in [0.717, 1.165) is 12.8 Å². The predicted octanol–water partition coefficient (Wildman–Crippen LogP) is 0.855. The van der Waals surface area contributed by atoms with Gasteiger partial charge in [-0.05, 0) is 37.1 Å². The van der Waals surface area contributed by atoms with Gasteiger partial charge in [-0.3, -0.25) is 4.90 Å². The second kappa shape index (κ2) is 7.47. The molecule has 0 heterocycles. The molecule has 20 heavy (non-hydrogen) atoms. The zero-order valence-electron chi connectivity index (χ0n) is 11.7. The molecule has 1 atom stereocenters. The second-order valence-electron chi connectivity index (χ2n) is 5.34. The van der Waals surface area contributed by atoms with Gasteiger partial charge in [-0.2, -0.15) is 0 Å². The highest BCUT2D eigenvalue weighted by Crippen LogP contribution is 2.24. The van der Waals surface area contributed by atoms with E-state index in [4.69, 9.17) is 15.6 Å². The number of benzene rings is 1. The quantitative estimate of drug-likeness (QED) is 0.615. The molecule has 0 saturated heterocycles. The van der Waals surface area contributed by atoms with Gasteiger partial charge in [0.15, 0.2) is 0 Å². The van der Waals surface area contributed by atoms with Crippen molar-refractivity contribution in [1.29, 1.82) is 0 Å². The number of hydrogen-bond donors (Lipinski definition) is 3. The number of aliphatic hydroxyl groups excluding tert-OH is 2. The van der Waals surface area contributed by atoms with E-state index in [1.54, 1.807) is 24.3 Å². The third-order valence-corrected chi connectivity index (χ3v) is 3.75. The van der Waals surface area contributed by atoms with Crippen molar-refractivity contribution in [3.05, 3.63) is 24.3 Å². The summed E-state index contributed by atoms with van der Waals surface area (Å²) in [6, 6.07) is 7.63. The molecule has 2 rings (SSSR count). The zero-order valence-corrected chi connectivity index (χ0v) is 11.7. The van der Waals surface area contributed by atoms with Crippen molar-refractivity contribution in [2.24, 2.45) is 0 Å². The Bertz CT molecular complexity index is 393. The minimum atomic E-state index is -0.556. The highest BCUT2D eigenvalue weighted by Gasteiger charge is 2.26. The van der Waals surface area contributed by atoms with Crippen molar-refractivity contribution in [2.75, 3.05) is 32.0 Å². The maximum atomic E-state index is 10.1. The summed E-state index contributed by atoms with van der Waals surface area (Å²) in [5.41, 5.74) is 6.29. The van der Waals surface area contributed by atoms with Gasteiger partial charge in [-0.25, -0.2) is 0 Å². The van der Waals surface area contributed by atoms with E-state index in [1.165, 1.54) is 6.42 Å². The van der Waals surface area contributed by atoms with Crippen LogP contribution in [0.4, 0.5) is 5.69 Å². The fourth-order valence-electron chi connectivity index (χ4n) is 2.38. The van der Waals surface area contributed by atoms with E-state index in [1.807, 2.05) is 0 Å². The first kappa shape index (κ1) is 15.1. The van der Waals surface area contributed by atoms with Crippen LogP contribution in [0.2, 0.25) is 0 Å². The summed E-state index contributed by atoms with van der Waals surface area (Å²) >= 11 is 0. The molecule has 4 N–H and O–H groups in total. The molecule has 1 fully saturated rings. The lowest BCUT2D eigenvalue weighted by Gasteiger charge is -2.38. The SMILES string of the molecule is Nc1ccc(OCC(O)CN(CCO)C2CCC2)cc1. The fraction of sp³-hybridized carbons (Fsp3) is 0.600. The molecule has 1 aliphatic rings. The van der Waals surface area contributed by atoms with Crippen LogP contribution in [0.5, 0.6) is 5.75 Å². The lowest BCUT2D eigenvalue weighted by atomic mass is 9.91. The lowest BCUT2D eigenvalue weighted by Crippen LogP contribution is -2.46. The first-order chi connectivity index (χ1) is 9.69. The van der Waals surface area contributed by atoms with Crippen LogP contribution in [0.15, 0.2) is 24.3 Å². The Labute approximate surface area is 120 Å². The smallest absolute Gasteiger partial charge is 0.119 e. The largest absolute Gasteiger partial charge is 0.491 e. The maximum absolute atomic E-state index is 10.1. The fourth-order valence-corrected chi connectivity index (χ4v) is 2.38. The molecule has 1 aliphatic carbocycles. The van der Waals surface area contributed by atoms with Gasteiger partial charge in [0.2, 0.25) is 0 Å². The normalized spacial score (nSPS) is 16.9. The lowest BCUT2D eigenvalue weighted by molar-refractivity contribution is 0.0258. The van der Waals surface area contributed by atoms with Gasteiger partial charge in [0.1, 0.15) is 18.5 Å². The van der Waals surface area contributed by atoms with E-state index in [9.17, 15) is 5.11 Å². The van der Waals surface area contributed by atoms with E-state index in [0.29, 0.717) is 30.6 Å². The van der Waals surface area contributed by atoms with Crippen LogP contribution in [0.3, 0.4) is 0 Å². The Kier molecular flexibility index (Phi) is 5.64. The molecule has 1 aromatic rings. The maximum Gasteiger partial charge on any atom is 0.119 e. The van der Waals surface area contributed by atoms with Gasteiger partial charge in [-0.1, -0.05) is 6.42 Å². The third-order valence-electron chi connectivity index (χ3n) is 3.75. The van der Waals surface area contributed by atoms with Gasteiger partial charge in [-0.15, -0.1) is 0 Å². The molecular weight excluding hydrogens is 256 g/mol.